The number of rotatable bonds is 2. The van der Waals surface area contributed by atoms with Crippen molar-refractivity contribution in [2.45, 2.75) is 13.5 Å². The number of hydrogen-bond donors (Lipinski definition) is 1. The molecule has 90 valence electrons. The zero-order valence-electron chi connectivity index (χ0n) is 10.2. The van der Waals surface area contributed by atoms with Gasteiger partial charge in [-0.15, -0.1) is 11.3 Å². The van der Waals surface area contributed by atoms with Crippen molar-refractivity contribution in [2.75, 3.05) is 0 Å². The summed E-state index contributed by atoms with van der Waals surface area (Å²) in [5.41, 5.74) is 3.40. The molecule has 0 radical (unpaired) electrons. The molecule has 0 aliphatic rings. The Balaban J connectivity index is 2.25. The highest BCUT2D eigenvalue weighted by Crippen LogP contribution is 2.36. The first-order valence-electron chi connectivity index (χ1n) is 5.98. The average Bonchev–Trinajstić information content (AvgIpc) is 2.81. The van der Waals surface area contributed by atoms with Gasteiger partial charge < -0.3 is 5.11 Å². The number of aliphatic hydroxyl groups excluding tert-OH is 1. The molecule has 0 aliphatic carbocycles. The lowest BCUT2D eigenvalue weighted by atomic mass is 10.0. The highest BCUT2D eigenvalue weighted by molar-refractivity contribution is 7.22. The van der Waals surface area contributed by atoms with E-state index in [0.717, 1.165) is 5.56 Å². The van der Waals surface area contributed by atoms with E-state index in [-0.39, 0.29) is 6.61 Å². The van der Waals surface area contributed by atoms with Crippen LogP contribution in [0.5, 0.6) is 0 Å². The van der Waals surface area contributed by atoms with Gasteiger partial charge in [0, 0.05) is 15.1 Å². The molecule has 0 unspecified atom stereocenters. The van der Waals surface area contributed by atoms with Crippen LogP contribution in [0.1, 0.15) is 11.1 Å². The maximum atomic E-state index is 9.48. The zero-order chi connectivity index (χ0) is 12.5. The van der Waals surface area contributed by atoms with Gasteiger partial charge in [0.05, 0.1) is 6.61 Å². The van der Waals surface area contributed by atoms with E-state index in [1.165, 1.54) is 26.1 Å². The fraction of sp³-hybridized carbons (Fsp3) is 0.125. The van der Waals surface area contributed by atoms with Crippen LogP contribution in [0.2, 0.25) is 0 Å². The molecule has 0 saturated carbocycles. The third-order valence-electron chi connectivity index (χ3n) is 3.20. The van der Waals surface area contributed by atoms with Gasteiger partial charge >= 0.3 is 0 Å². The third-order valence-corrected chi connectivity index (χ3v) is 4.33. The highest BCUT2D eigenvalue weighted by Gasteiger charge is 2.10. The quantitative estimate of drug-likeness (QED) is 0.720. The third kappa shape index (κ3) is 1.84. The summed E-state index contributed by atoms with van der Waals surface area (Å²) in [6, 6.07) is 16.7. The van der Waals surface area contributed by atoms with Gasteiger partial charge in [0.15, 0.2) is 0 Å². The van der Waals surface area contributed by atoms with Crippen LogP contribution < -0.4 is 0 Å². The van der Waals surface area contributed by atoms with Crippen LogP contribution in [-0.4, -0.2) is 5.11 Å². The molecule has 0 atom stereocenters. The van der Waals surface area contributed by atoms with Crippen LogP contribution in [0.3, 0.4) is 0 Å². The predicted octanol–water partition coefficient (Wildman–Crippen LogP) is 4.37. The van der Waals surface area contributed by atoms with Crippen molar-refractivity contribution < 1.29 is 5.11 Å². The molecule has 1 heterocycles. The number of aryl methyl sites for hydroxylation is 1. The van der Waals surface area contributed by atoms with Gasteiger partial charge in [-0.2, -0.15) is 0 Å². The summed E-state index contributed by atoms with van der Waals surface area (Å²) in [4.78, 5) is 1.23. The zero-order valence-corrected chi connectivity index (χ0v) is 11.0. The number of fused-ring (bicyclic) bond motifs is 1. The number of aliphatic hydroxyl groups is 1. The van der Waals surface area contributed by atoms with Crippen molar-refractivity contribution in [3.8, 4) is 10.4 Å². The van der Waals surface area contributed by atoms with Crippen LogP contribution in [0.25, 0.3) is 20.5 Å². The van der Waals surface area contributed by atoms with E-state index in [1.807, 2.05) is 12.1 Å². The molecule has 0 amide bonds. The summed E-state index contributed by atoms with van der Waals surface area (Å²) in [6.07, 6.45) is 0. The second-order valence-corrected chi connectivity index (χ2v) is 5.50. The smallest absolute Gasteiger partial charge is 0.0688 e. The lowest BCUT2D eigenvalue weighted by Crippen LogP contribution is -1.90. The summed E-state index contributed by atoms with van der Waals surface area (Å²) < 4.78 is 1.29. The standard InChI is InChI=1S/C16H14OS/c1-11-5-4-7-13(10-17)16(11)15-9-12-6-2-3-8-14(12)18-15/h2-9,17H,10H2,1H3. The van der Waals surface area contributed by atoms with Gasteiger partial charge in [-0.25, -0.2) is 0 Å². The first-order valence-corrected chi connectivity index (χ1v) is 6.79. The van der Waals surface area contributed by atoms with Crippen molar-refractivity contribution in [3.05, 3.63) is 59.7 Å². The molecule has 3 aromatic rings. The van der Waals surface area contributed by atoms with Gasteiger partial charge in [-0.3, -0.25) is 0 Å². The van der Waals surface area contributed by atoms with Crippen LogP contribution in [0.4, 0.5) is 0 Å². The topological polar surface area (TPSA) is 20.2 Å². The maximum absolute atomic E-state index is 9.48. The summed E-state index contributed by atoms with van der Waals surface area (Å²) in [6.45, 7) is 2.18. The minimum absolute atomic E-state index is 0.0886. The Morgan fingerprint density at radius 3 is 2.67 bits per heavy atom. The molecule has 2 heteroatoms. The normalized spacial score (nSPS) is 11.0. The van der Waals surface area contributed by atoms with Gasteiger partial charge in [0.2, 0.25) is 0 Å². The molecule has 1 aromatic heterocycles. The van der Waals surface area contributed by atoms with Gasteiger partial charge in [0.25, 0.3) is 0 Å². The molecular weight excluding hydrogens is 240 g/mol. The van der Waals surface area contributed by atoms with Crippen molar-refractivity contribution >= 4 is 21.4 Å². The Morgan fingerprint density at radius 1 is 1.06 bits per heavy atom. The monoisotopic (exact) mass is 254 g/mol. The Kier molecular flexibility index (Phi) is 2.90. The van der Waals surface area contributed by atoms with E-state index in [2.05, 4.69) is 43.3 Å². The Hall–Kier alpha value is -1.64. The van der Waals surface area contributed by atoms with E-state index in [9.17, 15) is 5.11 Å². The fourth-order valence-electron chi connectivity index (χ4n) is 2.32. The molecule has 0 bridgehead atoms. The highest BCUT2D eigenvalue weighted by atomic mass is 32.1. The van der Waals surface area contributed by atoms with Crippen LogP contribution in [-0.2, 0) is 6.61 Å². The molecular formula is C16H14OS. The molecule has 0 saturated heterocycles. The van der Waals surface area contributed by atoms with Crippen molar-refractivity contribution in [1.82, 2.24) is 0 Å². The Morgan fingerprint density at radius 2 is 1.89 bits per heavy atom. The minimum atomic E-state index is 0.0886. The van der Waals surface area contributed by atoms with Crippen LogP contribution in [0.15, 0.2) is 48.5 Å². The van der Waals surface area contributed by atoms with E-state index < -0.39 is 0 Å². The van der Waals surface area contributed by atoms with Crippen LogP contribution in [0, 0.1) is 6.92 Å². The minimum Gasteiger partial charge on any atom is -0.392 e. The first kappa shape index (κ1) is 11.5. The van der Waals surface area contributed by atoms with Crippen molar-refractivity contribution in [3.63, 3.8) is 0 Å². The Bertz CT molecular complexity index is 664. The Labute approximate surface area is 110 Å². The molecule has 1 N–H and O–H groups in total. The largest absolute Gasteiger partial charge is 0.392 e. The molecule has 18 heavy (non-hydrogen) atoms. The molecule has 0 aliphatic heterocycles. The predicted molar refractivity (Wildman–Crippen MR) is 77.9 cm³/mol. The van der Waals surface area contributed by atoms with Gasteiger partial charge in [0.1, 0.15) is 0 Å². The molecule has 3 rings (SSSR count). The second-order valence-electron chi connectivity index (χ2n) is 4.42. The SMILES string of the molecule is Cc1cccc(CO)c1-c1cc2ccccc2s1. The summed E-state index contributed by atoms with van der Waals surface area (Å²) >= 11 is 1.78. The van der Waals surface area contributed by atoms with E-state index >= 15 is 0 Å². The maximum Gasteiger partial charge on any atom is 0.0688 e. The lowest BCUT2D eigenvalue weighted by Gasteiger charge is -2.08. The summed E-state index contributed by atoms with van der Waals surface area (Å²) in [7, 11) is 0. The fourth-order valence-corrected chi connectivity index (χ4v) is 3.53. The molecule has 0 spiro atoms. The average molecular weight is 254 g/mol. The van der Waals surface area contributed by atoms with E-state index in [4.69, 9.17) is 0 Å². The lowest BCUT2D eigenvalue weighted by molar-refractivity contribution is 0.282. The van der Waals surface area contributed by atoms with Gasteiger partial charge in [-0.05, 0) is 35.6 Å². The number of hydrogen-bond acceptors (Lipinski definition) is 2. The van der Waals surface area contributed by atoms with Gasteiger partial charge in [-0.1, -0.05) is 36.4 Å². The molecule has 1 nitrogen and oxygen atoms in total. The number of thiophene rings is 1. The second kappa shape index (κ2) is 4.56. The van der Waals surface area contributed by atoms with Crippen molar-refractivity contribution in [2.24, 2.45) is 0 Å². The molecule has 0 fully saturated rings. The summed E-state index contributed by atoms with van der Waals surface area (Å²) in [5.74, 6) is 0. The van der Waals surface area contributed by atoms with Crippen LogP contribution >= 0.6 is 11.3 Å². The molecule has 2 aromatic carbocycles. The van der Waals surface area contributed by atoms with E-state index in [0.29, 0.717) is 0 Å². The number of benzene rings is 2. The van der Waals surface area contributed by atoms with E-state index in [1.54, 1.807) is 11.3 Å². The summed E-state index contributed by atoms with van der Waals surface area (Å²) in [5, 5.41) is 10.8. The first-order chi connectivity index (χ1) is 8.79. The van der Waals surface area contributed by atoms with Crippen molar-refractivity contribution in [1.29, 1.82) is 0 Å².